The Hall–Kier alpha value is -2.87. The Morgan fingerprint density at radius 3 is 2.45 bits per heavy atom. The molecule has 0 saturated carbocycles. The van der Waals surface area contributed by atoms with Gasteiger partial charge in [-0.3, -0.25) is 4.79 Å². The predicted molar refractivity (Wildman–Crippen MR) is 113 cm³/mol. The molecule has 8 heteroatoms. The number of alkyl carbamates (subject to hydrolysis) is 1. The quantitative estimate of drug-likeness (QED) is 0.633. The Kier molecular flexibility index (Phi) is 7.63. The Morgan fingerprint density at radius 1 is 1.10 bits per heavy atom. The molecule has 0 aliphatic carbocycles. The average molecular weight is 460 g/mol. The van der Waals surface area contributed by atoms with E-state index < -0.39 is 12.0 Å². The minimum atomic E-state index is -0.570. The fraction of sp³-hybridized carbons (Fsp3) is 0.286. The van der Waals surface area contributed by atoms with Crippen molar-refractivity contribution in [2.75, 3.05) is 13.1 Å². The topological polar surface area (TPSA) is 89.0 Å². The average Bonchev–Trinajstić information content (AvgIpc) is 3.17. The highest BCUT2D eigenvalue weighted by molar-refractivity contribution is 9.18. The number of hydrogen-bond donors (Lipinski definition) is 2. The molecule has 2 aromatic rings. The number of rotatable bonds is 8. The number of amides is 2. The maximum Gasteiger partial charge on any atom is 0.407 e. The minimum Gasteiger partial charge on any atom is -0.445 e. The first-order chi connectivity index (χ1) is 14.1. The van der Waals surface area contributed by atoms with Crippen molar-refractivity contribution in [3.05, 3.63) is 71.8 Å². The van der Waals surface area contributed by atoms with Gasteiger partial charge in [0, 0.05) is 13.0 Å². The molecule has 3 rings (SSSR count). The lowest BCUT2D eigenvalue weighted by Crippen LogP contribution is -2.40. The first-order valence-corrected chi connectivity index (χ1v) is 10.1. The van der Waals surface area contributed by atoms with Crippen molar-refractivity contribution in [2.45, 2.75) is 25.0 Å². The summed E-state index contributed by atoms with van der Waals surface area (Å²) in [5.41, 5.74) is 1.70. The van der Waals surface area contributed by atoms with Crippen LogP contribution >= 0.6 is 15.9 Å². The second kappa shape index (κ2) is 10.6. The van der Waals surface area contributed by atoms with Crippen LogP contribution in [0.4, 0.5) is 4.79 Å². The van der Waals surface area contributed by atoms with Crippen molar-refractivity contribution >= 4 is 32.6 Å². The monoisotopic (exact) mass is 459 g/mol. The molecule has 0 spiro atoms. The largest absolute Gasteiger partial charge is 0.445 e. The smallest absolute Gasteiger partial charge is 0.407 e. The number of nitrogens with zero attached hydrogens (tertiary/aromatic N) is 1. The number of hydrogen-bond acceptors (Lipinski definition) is 5. The number of carbonyl (C=O) groups excluding carboxylic acids is 2. The Morgan fingerprint density at radius 2 is 1.79 bits per heavy atom. The summed E-state index contributed by atoms with van der Waals surface area (Å²) < 4.78 is 5.95. The Labute approximate surface area is 177 Å². The Balaban J connectivity index is 1.53. The summed E-state index contributed by atoms with van der Waals surface area (Å²) in [4.78, 5) is 30.0. The highest BCUT2D eigenvalue weighted by Gasteiger charge is 2.25. The van der Waals surface area contributed by atoms with Gasteiger partial charge in [-0.1, -0.05) is 65.8 Å². The SMILES string of the molecule is O=C(NC[C@H](C(=O)NCC1CC(Br)=NO1)c1ccccc1)OCc1ccccc1. The van der Waals surface area contributed by atoms with Gasteiger partial charge in [-0.2, -0.15) is 0 Å². The second-order valence-corrected chi connectivity index (χ2v) is 7.47. The summed E-state index contributed by atoms with van der Waals surface area (Å²) in [6.45, 7) is 0.622. The number of carbonyl (C=O) groups is 2. The summed E-state index contributed by atoms with van der Waals surface area (Å²) in [5.74, 6) is -0.752. The summed E-state index contributed by atoms with van der Waals surface area (Å²) in [6.07, 6.45) is -0.159. The second-order valence-electron chi connectivity index (χ2n) is 6.55. The fourth-order valence-electron chi connectivity index (χ4n) is 2.85. The van der Waals surface area contributed by atoms with Gasteiger partial charge in [-0.25, -0.2) is 4.79 Å². The molecule has 0 bridgehead atoms. The van der Waals surface area contributed by atoms with Gasteiger partial charge in [-0.15, -0.1) is 0 Å². The molecule has 152 valence electrons. The molecular weight excluding hydrogens is 438 g/mol. The number of oxime groups is 1. The molecule has 0 fully saturated rings. The molecule has 0 radical (unpaired) electrons. The van der Waals surface area contributed by atoms with Crippen molar-refractivity contribution in [3.63, 3.8) is 0 Å². The maximum atomic E-state index is 12.8. The number of nitrogens with one attached hydrogen (secondary N) is 2. The third kappa shape index (κ3) is 6.60. The Bertz CT molecular complexity index is 846. The summed E-state index contributed by atoms with van der Waals surface area (Å²) >= 11 is 3.27. The molecular formula is C21H22BrN3O4. The summed E-state index contributed by atoms with van der Waals surface area (Å²) in [7, 11) is 0. The fourth-order valence-corrected chi connectivity index (χ4v) is 3.29. The van der Waals surface area contributed by atoms with E-state index in [4.69, 9.17) is 9.57 Å². The van der Waals surface area contributed by atoms with Crippen LogP contribution in [0.15, 0.2) is 65.8 Å². The lowest BCUT2D eigenvalue weighted by atomic mass is 9.98. The van der Waals surface area contributed by atoms with E-state index in [1.807, 2.05) is 60.7 Å². The lowest BCUT2D eigenvalue weighted by Gasteiger charge is -2.19. The lowest BCUT2D eigenvalue weighted by molar-refractivity contribution is -0.123. The van der Waals surface area contributed by atoms with Gasteiger partial charge in [-0.05, 0) is 27.1 Å². The molecule has 2 aromatic carbocycles. The van der Waals surface area contributed by atoms with Gasteiger partial charge in [0.15, 0.2) is 6.10 Å². The molecule has 1 unspecified atom stereocenters. The highest BCUT2D eigenvalue weighted by Crippen LogP contribution is 2.17. The number of ether oxygens (including phenoxy) is 1. The molecule has 2 amide bonds. The molecule has 0 saturated heterocycles. The summed E-state index contributed by atoms with van der Waals surface area (Å²) in [6, 6.07) is 18.7. The third-order valence-electron chi connectivity index (χ3n) is 4.38. The van der Waals surface area contributed by atoms with E-state index in [0.29, 0.717) is 13.0 Å². The normalized spacial score (nSPS) is 16.3. The van der Waals surface area contributed by atoms with Gasteiger partial charge < -0.3 is 20.2 Å². The van der Waals surface area contributed by atoms with Crippen LogP contribution in [0.25, 0.3) is 0 Å². The van der Waals surface area contributed by atoms with Crippen LogP contribution in [0.5, 0.6) is 0 Å². The molecule has 29 heavy (non-hydrogen) atoms. The molecule has 0 aromatic heterocycles. The van der Waals surface area contributed by atoms with E-state index in [9.17, 15) is 9.59 Å². The van der Waals surface area contributed by atoms with E-state index >= 15 is 0 Å². The molecule has 2 atom stereocenters. The molecule has 2 N–H and O–H groups in total. The van der Waals surface area contributed by atoms with Crippen molar-refractivity contribution < 1.29 is 19.2 Å². The van der Waals surface area contributed by atoms with Gasteiger partial charge in [0.2, 0.25) is 5.91 Å². The van der Waals surface area contributed by atoms with E-state index in [1.54, 1.807) is 0 Å². The van der Waals surface area contributed by atoms with Crippen LogP contribution < -0.4 is 10.6 Å². The van der Waals surface area contributed by atoms with Gasteiger partial charge in [0.25, 0.3) is 0 Å². The van der Waals surface area contributed by atoms with Crippen molar-refractivity contribution in [2.24, 2.45) is 5.16 Å². The zero-order valence-electron chi connectivity index (χ0n) is 15.7. The van der Waals surface area contributed by atoms with Crippen LogP contribution in [0.2, 0.25) is 0 Å². The predicted octanol–water partition coefficient (Wildman–Crippen LogP) is 3.31. The zero-order chi connectivity index (χ0) is 20.5. The number of halogens is 1. The molecule has 7 nitrogen and oxygen atoms in total. The highest BCUT2D eigenvalue weighted by atomic mass is 79.9. The number of benzene rings is 2. The first kappa shape index (κ1) is 20.9. The molecule has 1 aliphatic heterocycles. The van der Waals surface area contributed by atoms with Crippen LogP contribution in [-0.2, 0) is 21.0 Å². The van der Waals surface area contributed by atoms with E-state index in [-0.39, 0.29) is 25.2 Å². The van der Waals surface area contributed by atoms with Crippen molar-refractivity contribution in [3.8, 4) is 0 Å². The maximum absolute atomic E-state index is 12.8. The van der Waals surface area contributed by atoms with Crippen LogP contribution in [0.3, 0.4) is 0 Å². The molecule has 1 aliphatic rings. The van der Waals surface area contributed by atoms with Crippen molar-refractivity contribution in [1.82, 2.24) is 10.6 Å². The van der Waals surface area contributed by atoms with E-state index in [0.717, 1.165) is 15.7 Å². The van der Waals surface area contributed by atoms with Crippen LogP contribution in [0.1, 0.15) is 23.5 Å². The summed E-state index contributed by atoms with van der Waals surface area (Å²) in [5, 5.41) is 9.37. The van der Waals surface area contributed by atoms with Gasteiger partial charge in [0.05, 0.1) is 12.5 Å². The zero-order valence-corrected chi connectivity index (χ0v) is 17.3. The van der Waals surface area contributed by atoms with Crippen LogP contribution in [-0.4, -0.2) is 35.8 Å². The third-order valence-corrected chi connectivity index (χ3v) is 4.85. The molecule has 1 heterocycles. The first-order valence-electron chi connectivity index (χ1n) is 9.27. The van der Waals surface area contributed by atoms with E-state index in [2.05, 4.69) is 31.7 Å². The standard InChI is InChI=1S/C21H22BrN3O4/c22-19-11-17(29-25-19)12-23-20(26)18(16-9-5-2-6-10-16)13-24-21(27)28-14-15-7-3-1-4-8-15/h1-10,17-18H,11-14H2,(H,23,26)(H,24,27)/t17?,18-/m0/s1. The van der Waals surface area contributed by atoms with E-state index in [1.165, 1.54) is 0 Å². The van der Waals surface area contributed by atoms with Crippen molar-refractivity contribution in [1.29, 1.82) is 0 Å². The van der Waals surface area contributed by atoms with Gasteiger partial charge in [0.1, 0.15) is 11.2 Å². The minimum absolute atomic E-state index is 0.120. The van der Waals surface area contributed by atoms with Crippen LogP contribution in [0, 0.1) is 0 Å². The van der Waals surface area contributed by atoms with Gasteiger partial charge >= 0.3 is 6.09 Å².